The first-order valence-electron chi connectivity index (χ1n) is 9.36. The van der Waals surface area contributed by atoms with E-state index < -0.39 is 13.7 Å². The molecular formula is C21H29ClN2O2Si. The van der Waals surface area contributed by atoms with Crippen LogP contribution < -0.4 is 0 Å². The van der Waals surface area contributed by atoms with Crippen molar-refractivity contribution in [3.63, 3.8) is 0 Å². The third kappa shape index (κ3) is 3.30. The van der Waals surface area contributed by atoms with Gasteiger partial charge in [-0.1, -0.05) is 58.4 Å². The van der Waals surface area contributed by atoms with Gasteiger partial charge in [0.05, 0.1) is 36.3 Å². The second kappa shape index (κ2) is 6.57. The fourth-order valence-corrected chi connectivity index (χ4v) is 4.70. The molecule has 1 heterocycles. The molecule has 0 N–H and O–H groups in total. The molecule has 1 aromatic carbocycles. The number of ketones is 1. The lowest BCUT2D eigenvalue weighted by Crippen LogP contribution is -2.40. The summed E-state index contributed by atoms with van der Waals surface area (Å²) in [6.45, 7) is 15.6. The number of benzene rings is 1. The second-order valence-corrected chi connectivity index (χ2v) is 14.7. The smallest absolute Gasteiger partial charge is 0.192 e. The number of aromatic nitrogens is 2. The SMILES string of the molecule is CC1(C)C(=O)c2cccc(Cl)c2C1n1cncc1CO[Si](C)(C)C(C)(C)C. The van der Waals surface area contributed by atoms with Gasteiger partial charge in [-0.3, -0.25) is 4.79 Å². The number of hydrogen-bond acceptors (Lipinski definition) is 3. The topological polar surface area (TPSA) is 44.1 Å². The number of carbonyl (C=O) groups excluding carboxylic acids is 1. The van der Waals surface area contributed by atoms with Crippen molar-refractivity contribution in [3.05, 3.63) is 52.6 Å². The normalized spacial score (nSPS) is 19.4. The fraction of sp³-hybridized carbons (Fsp3) is 0.524. The van der Waals surface area contributed by atoms with Crippen LogP contribution in [0.2, 0.25) is 23.2 Å². The van der Waals surface area contributed by atoms with Crippen LogP contribution in [-0.4, -0.2) is 23.7 Å². The molecule has 2 aromatic rings. The molecule has 4 nitrogen and oxygen atoms in total. The van der Waals surface area contributed by atoms with Gasteiger partial charge in [-0.25, -0.2) is 4.98 Å². The van der Waals surface area contributed by atoms with Gasteiger partial charge in [0.2, 0.25) is 0 Å². The first-order valence-corrected chi connectivity index (χ1v) is 12.6. The number of imidazole rings is 1. The van der Waals surface area contributed by atoms with Crippen LogP contribution in [0.25, 0.3) is 0 Å². The van der Waals surface area contributed by atoms with E-state index in [0.717, 1.165) is 11.3 Å². The number of carbonyl (C=O) groups is 1. The van der Waals surface area contributed by atoms with Gasteiger partial charge in [-0.2, -0.15) is 0 Å². The van der Waals surface area contributed by atoms with Gasteiger partial charge in [-0.15, -0.1) is 0 Å². The zero-order valence-electron chi connectivity index (χ0n) is 17.3. The molecule has 1 unspecified atom stereocenters. The fourth-order valence-electron chi connectivity index (χ4n) is 3.48. The number of halogens is 1. The molecule has 1 aromatic heterocycles. The molecule has 27 heavy (non-hydrogen) atoms. The molecule has 0 bridgehead atoms. The molecule has 3 rings (SSSR count). The molecule has 0 amide bonds. The Morgan fingerprint density at radius 1 is 1.30 bits per heavy atom. The minimum atomic E-state index is -1.89. The summed E-state index contributed by atoms with van der Waals surface area (Å²) in [5.74, 6) is 0.120. The summed E-state index contributed by atoms with van der Waals surface area (Å²) in [4.78, 5) is 17.4. The quantitative estimate of drug-likeness (QED) is 0.598. The van der Waals surface area contributed by atoms with E-state index in [-0.39, 0.29) is 16.9 Å². The van der Waals surface area contributed by atoms with Crippen molar-refractivity contribution in [1.82, 2.24) is 9.55 Å². The van der Waals surface area contributed by atoms with Crippen LogP contribution in [0.5, 0.6) is 0 Å². The number of nitrogens with zero attached hydrogens (tertiary/aromatic N) is 2. The van der Waals surface area contributed by atoms with Crippen LogP contribution in [0.4, 0.5) is 0 Å². The van der Waals surface area contributed by atoms with Gasteiger partial charge in [0.1, 0.15) is 0 Å². The third-order valence-electron chi connectivity index (χ3n) is 6.25. The Balaban J connectivity index is 2.00. The first-order chi connectivity index (χ1) is 12.4. The molecule has 146 valence electrons. The summed E-state index contributed by atoms with van der Waals surface area (Å²) in [5, 5.41) is 0.762. The van der Waals surface area contributed by atoms with Crippen molar-refractivity contribution in [1.29, 1.82) is 0 Å². The van der Waals surface area contributed by atoms with E-state index in [1.54, 1.807) is 6.33 Å². The van der Waals surface area contributed by atoms with E-state index in [9.17, 15) is 4.79 Å². The Kier molecular flexibility index (Phi) is 4.94. The molecule has 1 aliphatic carbocycles. The molecular weight excluding hydrogens is 376 g/mol. The van der Waals surface area contributed by atoms with E-state index >= 15 is 0 Å². The van der Waals surface area contributed by atoms with Crippen LogP contribution in [0.15, 0.2) is 30.7 Å². The van der Waals surface area contributed by atoms with Crippen LogP contribution >= 0.6 is 11.6 Å². The molecule has 6 heteroatoms. The third-order valence-corrected chi connectivity index (χ3v) is 11.1. The van der Waals surface area contributed by atoms with E-state index in [2.05, 4.69) is 43.4 Å². The van der Waals surface area contributed by atoms with Crippen LogP contribution in [-0.2, 0) is 11.0 Å². The van der Waals surface area contributed by atoms with E-state index in [1.165, 1.54) is 0 Å². The highest BCUT2D eigenvalue weighted by Gasteiger charge is 2.49. The minimum Gasteiger partial charge on any atom is -0.411 e. The molecule has 0 spiro atoms. The predicted octanol–water partition coefficient (Wildman–Crippen LogP) is 5.87. The molecule has 0 saturated heterocycles. The van der Waals surface area contributed by atoms with E-state index in [1.807, 2.05) is 38.2 Å². The van der Waals surface area contributed by atoms with Crippen molar-refractivity contribution in [2.24, 2.45) is 5.41 Å². The predicted molar refractivity (Wildman–Crippen MR) is 112 cm³/mol. The van der Waals surface area contributed by atoms with E-state index in [0.29, 0.717) is 17.2 Å². The van der Waals surface area contributed by atoms with Crippen LogP contribution in [0, 0.1) is 5.41 Å². The maximum atomic E-state index is 13.0. The summed E-state index contributed by atoms with van der Waals surface area (Å²) in [6, 6.07) is 5.38. The average molecular weight is 405 g/mol. The van der Waals surface area contributed by atoms with Gasteiger partial charge in [0.25, 0.3) is 0 Å². The summed E-state index contributed by atoms with van der Waals surface area (Å²) in [6.07, 6.45) is 3.63. The molecule has 0 saturated carbocycles. The van der Waals surface area contributed by atoms with Crippen LogP contribution in [0.3, 0.4) is 0 Å². The Labute approximate surface area is 168 Å². The largest absolute Gasteiger partial charge is 0.411 e. The maximum absolute atomic E-state index is 13.0. The highest BCUT2D eigenvalue weighted by Crippen LogP contribution is 2.50. The van der Waals surface area contributed by atoms with Crippen molar-refractivity contribution in [3.8, 4) is 0 Å². The van der Waals surface area contributed by atoms with Crippen molar-refractivity contribution in [2.45, 2.75) is 65.4 Å². The molecule has 1 aliphatic rings. The number of Topliss-reactive ketones (excluding diaryl/α,β-unsaturated/α-hetero) is 1. The Morgan fingerprint density at radius 2 is 1.96 bits per heavy atom. The summed E-state index contributed by atoms with van der Waals surface area (Å²) in [7, 11) is -1.89. The second-order valence-electron chi connectivity index (χ2n) is 9.50. The summed E-state index contributed by atoms with van der Waals surface area (Å²) < 4.78 is 8.48. The number of fused-ring (bicyclic) bond motifs is 1. The lowest BCUT2D eigenvalue weighted by atomic mass is 9.84. The monoisotopic (exact) mass is 404 g/mol. The van der Waals surface area contributed by atoms with Gasteiger partial charge in [0, 0.05) is 16.1 Å². The van der Waals surface area contributed by atoms with Gasteiger partial charge in [-0.05, 0) is 24.2 Å². The first kappa shape index (κ1) is 20.3. The highest BCUT2D eigenvalue weighted by molar-refractivity contribution is 6.74. The van der Waals surface area contributed by atoms with Crippen molar-refractivity contribution in [2.75, 3.05) is 0 Å². The Hall–Kier alpha value is -1.43. The van der Waals surface area contributed by atoms with Crippen molar-refractivity contribution >= 4 is 25.7 Å². The average Bonchev–Trinajstić information content (AvgIpc) is 3.07. The lowest BCUT2D eigenvalue weighted by Gasteiger charge is -2.36. The van der Waals surface area contributed by atoms with Crippen molar-refractivity contribution < 1.29 is 9.22 Å². The number of rotatable bonds is 4. The lowest BCUT2D eigenvalue weighted by molar-refractivity contribution is 0.0817. The maximum Gasteiger partial charge on any atom is 0.192 e. The zero-order valence-corrected chi connectivity index (χ0v) is 19.0. The standard InChI is InChI=1S/C21H29ClN2O2Si/c1-20(2,3)27(6,7)26-12-14-11-23-13-24(14)18-17-15(9-8-10-16(17)22)19(25)21(18,4)5/h8-11,13,18H,12H2,1-7H3. The van der Waals surface area contributed by atoms with Crippen LogP contribution in [0.1, 0.15) is 62.3 Å². The summed E-state index contributed by atoms with van der Waals surface area (Å²) in [5.41, 5.74) is 1.97. The van der Waals surface area contributed by atoms with Gasteiger partial charge in [0.15, 0.2) is 14.1 Å². The molecule has 0 aliphatic heterocycles. The summed E-state index contributed by atoms with van der Waals surface area (Å²) >= 11 is 6.53. The van der Waals surface area contributed by atoms with E-state index in [4.69, 9.17) is 16.0 Å². The highest BCUT2D eigenvalue weighted by atomic mass is 35.5. The Morgan fingerprint density at radius 3 is 2.59 bits per heavy atom. The van der Waals surface area contributed by atoms with Gasteiger partial charge < -0.3 is 8.99 Å². The zero-order chi connectivity index (χ0) is 20.2. The number of hydrogen-bond donors (Lipinski definition) is 0. The molecule has 0 fully saturated rings. The molecule has 0 radical (unpaired) electrons. The Bertz CT molecular complexity index is 881. The van der Waals surface area contributed by atoms with Gasteiger partial charge >= 0.3 is 0 Å². The molecule has 1 atom stereocenters. The minimum absolute atomic E-state index is 0.120.